The number of hydrogen-bond acceptors (Lipinski definition) is 1. The van der Waals surface area contributed by atoms with E-state index in [1.165, 1.54) is 48.5 Å². The summed E-state index contributed by atoms with van der Waals surface area (Å²) in [5, 5.41) is 8.88. The summed E-state index contributed by atoms with van der Waals surface area (Å²) in [5.74, 6) is 2.05. The van der Waals surface area contributed by atoms with E-state index in [0.717, 1.165) is 17.4 Å². The summed E-state index contributed by atoms with van der Waals surface area (Å²) in [6, 6.07) is 19.1. The van der Waals surface area contributed by atoms with Crippen LogP contribution in [0.15, 0.2) is 66.2 Å². The number of allylic oxidation sites excluding steroid dienone is 1. The van der Waals surface area contributed by atoms with Gasteiger partial charge in [-0.25, -0.2) is 4.79 Å². The molecule has 0 radical (unpaired) electrons. The van der Waals surface area contributed by atoms with Gasteiger partial charge in [-0.1, -0.05) is 74.0 Å². The van der Waals surface area contributed by atoms with Crippen molar-refractivity contribution in [3.63, 3.8) is 0 Å². The van der Waals surface area contributed by atoms with Crippen LogP contribution in [-0.2, 0) is 4.79 Å². The fraction of sp³-hybridized carbons (Fsp3) is 0.370. The number of rotatable bonds is 4. The summed E-state index contributed by atoms with van der Waals surface area (Å²) < 4.78 is 0. The van der Waals surface area contributed by atoms with Gasteiger partial charge in [0.1, 0.15) is 0 Å². The van der Waals surface area contributed by atoms with Gasteiger partial charge in [-0.15, -0.1) is 0 Å². The third kappa shape index (κ3) is 4.37. The van der Waals surface area contributed by atoms with E-state index in [-0.39, 0.29) is 0 Å². The molecule has 29 heavy (non-hydrogen) atoms. The number of aliphatic carboxylic acids is 1. The lowest BCUT2D eigenvalue weighted by Crippen LogP contribution is -2.32. The maximum absolute atomic E-state index is 10.8. The minimum absolute atomic E-state index is 0.605. The van der Waals surface area contributed by atoms with Crippen molar-refractivity contribution >= 4 is 17.6 Å². The Hall–Kier alpha value is -2.61. The van der Waals surface area contributed by atoms with Gasteiger partial charge in [0.25, 0.3) is 0 Å². The lowest BCUT2D eigenvalue weighted by molar-refractivity contribution is -0.131. The second-order valence-electron chi connectivity index (χ2n) is 9.00. The minimum Gasteiger partial charge on any atom is -0.478 e. The Morgan fingerprint density at radius 3 is 2.28 bits per heavy atom. The number of benzene rings is 2. The molecule has 2 aromatic rings. The van der Waals surface area contributed by atoms with Crippen LogP contribution in [0.4, 0.5) is 0 Å². The Morgan fingerprint density at radius 2 is 1.59 bits per heavy atom. The molecule has 0 heterocycles. The number of hydrogen-bond donors (Lipinski definition) is 1. The van der Waals surface area contributed by atoms with Gasteiger partial charge in [0.15, 0.2) is 0 Å². The third-order valence-corrected chi connectivity index (χ3v) is 6.67. The minimum atomic E-state index is -0.918. The number of carboxylic acids is 1. The standard InChI is InChI=1S/C27H30O2/c1-18-14-21-16-19(2)26(24(15-18)17-21)27(22-6-4-3-5-7-22)23-11-8-20(9-12-23)10-13-25(28)29/h3-13,18-19,21,24H,14-17H2,1-2H3,(H,28,29)/b13-10+,27-26-. The van der Waals surface area contributed by atoms with E-state index < -0.39 is 5.97 Å². The van der Waals surface area contributed by atoms with Crippen molar-refractivity contribution in [2.45, 2.75) is 39.5 Å². The van der Waals surface area contributed by atoms with Gasteiger partial charge in [-0.05, 0) is 77.7 Å². The van der Waals surface area contributed by atoms with Gasteiger partial charge < -0.3 is 5.11 Å². The zero-order chi connectivity index (χ0) is 20.4. The number of fused-ring (bicyclic) bond motifs is 2. The quantitative estimate of drug-likeness (QED) is 0.595. The highest BCUT2D eigenvalue weighted by atomic mass is 16.4. The Bertz CT molecular complexity index is 917. The molecule has 2 fully saturated rings. The van der Waals surface area contributed by atoms with Crippen LogP contribution in [0.5, 0.6) is 0 Å². The highest BCUT2D eigenvalue weighted by molar-refractivity contribution is 5.86. The van der Waals surface area contributed by atoms with Gasteiger partial charge in [-0.2, -0.15) is 0 Å². The predicted octanol–water partition coefficient (Wildman–Crippen LogP) is 6.68. The molecule has 2 aromatic carbocycles. The van der Waals surface area contributed by atoms with Gasteiger partial charge in [-0.3, -0.25) is 0 Å². The molecule has 2 aliphatic rings. The smallest absolute Gasteiger partial charge is 0.328 e. The Labute approximate surface area is 174 Å². The van der Waals surface area contributed by atoms with Crippen LogP contribution in [0, 0.1) is 23.7 Å². The molecule has 4 rings (SSSR count). The average Bonchev–Trinajstić information content (AvgIpc) is 2.70. The van der Waals surface area contributed by atoms with Crippen LogP contribution < -0.4 is 0 Å². The normalized spacial score (nSPS) is 28.3. The monoisotopic (exact) mass is 386 g/mol. The summed E-state index contributed by atoms with van der Waals surface area (Å²) in [6.45, 7) is 4.83. The lowest BCUT2D eigenvalue weighted by Gasteiger charge is -2.44. The molecule has 4 atom stereocenters. The third-order valence-electron chi connectivity index (χ3n) is 6.67. The van der Waals surface area contributed by atoms with Crippen LogP contribution in [0.2, 0.25) is 0 Å². The van der Waals surface area contributed by atoms with E-state index in [4.69, 9.17) is 5.11 Å². The molecule has 2 saturated carbocycles. The van der Waals surface area contributed by atoms with E-state index in [2.05, 4.69) is 56.3 Å². The molecule has 4 unspecified atom stereocenters. The molecule has 0 amide bonds. The average molecular weight is 387 g/mol. The first kappa shape index (κ1) is 19.7. The summed E-state index contributed by atoms with van der Waals surface area (Å²) in [4.78, 5) is 10.8. The summed E-state index contributed by atoms with van der Waals surface area (Å²) >= 11 is 0. The van der Waals surface area contributed by atoms with Crippen LogP contribution >= 0.6 is 0 Å². The maximum atomic E-state index is 10.8. The molecule has 2 heteroatoms. The first-order chi connectivity index (χ1) is 14.0. The topological polar surface area (TPSA) is 37.3 Å². The molecule has 150 valence electrons. The van der Waals surface area contributed by atoms with Crippen molar-refractivity contribution in [1.82, 2.24) is 0 Å². The fourth-order valence-corrected chi connectivity index (χ4v) is 5.71. The van der Waals surface area contributed by atoms with Gasteiger partial charge in [0.05, 0.1) is 0 Å². The number of carbonyl (C=O) groups is 1. The molecular formula is C27H30O2. The van der Waals surface area contributed by atoms with Gasteiger partial charge >= 0.3 is 5.97 Å². The van der Waals surface area contributed by atoms with E-state index in [0.29, 0.717) is 11.8 Å². The van der Waals surface area contributed by atoms with Gasteiger partial charge in [0.2, 0.25) is 0 Å². The molecule has 1 N–H and O–H groups in total. The molecule has 2 bridgehead atoms. The van der Waals surface area contributed by atoms with Crippen LogP contribution in [-0.4, -0.2) is 11.1 Å². The summed E-state index contributed by atoms with van der Waals surface area (Å²) in [7, 11) is 0. The molecule has 0 aromatic heterocycles. The first-order valence-electron chi connectivity index (χ1n) is 10.8. The highest BCUT2D eigenvalue weighted by Gasteiger charge is 2.38. The second kappa shape index (κ2) is 8.41. The molecule has 0 spiro atoms. The number of carboxylic acid groups (broad SMARTS) is 1. The van der Waals surface area contributed by atoms with E-state index >= 15 is 0 Å². The van der Waals surface area contributed by atoms with Crippen molar-refractivity contribution in [3.8, 4) is 0 Å². The molecule has 0 saturated heterocycles. The lowest BCUT2D eigenvalue weighted by atomic mass is 9.61. The fourth-order valence-electron chi connectivity index (χ4n) is 5.71. The van der Waals surface area contributed by atoms with Crippen molar-refractivity contribution in [2.24, 2.45) is 23.7 Å². The van der Waals surface area contributed by atoms with Gasteiger partial charge in [0, 0.05) is 6.08 Å². The summed E-state index contributed by atoms with van der Waals surface area (Å²) in [6.07, 6.45) is 8.16. The highest BCUT2D eigenvalue weighted by Crippen LogP contribution is 2.50. The zero-order valence-electron chi connectivity index (χ0n) is 17.3. The molecular weight excluding hydrogens is 356 g/mol. The predicted molar refractivity (Wildman–Crippen MR) is 119 cm³/mol. The van der Waals surface area contributed by atoms with Crippen molar-refractivity contribution in [3.05, 3.63) is 82.9 Å². The van der Waals surface area contributed by atoms with Crippen LogP contribution in [0.3, 0.4) is 0 Å². The zero-order valence-corrected chi connectivity index (χ0v) is 17.3. The Balaban J connectivity index is 1.80. The van der Waals surface area contributed by atoms with Crippen molar-refractivity contribution in [1.29, 1.82) is 0 Å². The van der Waals surface area contributed by atoms with E-state index in [1.807, 2.05) is 12.1 Å². The molecule has 0 aliphatic heterocycles. The maximum Gasteiger partial charge on any atom is 0.328 e. The molecule has 2 aliphatic carbocycles. The van der Waals surface area contributed by atoms with Crippen LogP contribution in [0.25, 0.3) is 11.6 Å². The van der Waals surface area contributed by atoms with E-state index in [1.54, 1.807) is 11.6 Å². The Morgan fingerprint density at radius 1 is 0.897 bits per heavy atom. The van der Waals surface area contributed by atoms with E-state index in [9.17, 15) is 4.79 Å². The van der Waals surface area contributed by atoms with Crippen molar-refractivity contribution in [2.75, 3.05) is 0 Å². The second-order valence-corrected chi connectivity index (χ2v) is 9.00. The SMILES string of the molecule is CC1CC2CC(C)/C(=C(\c3ccccc3)c3ccc(/C=C/C(=O)O)cc3)C(C1)C2. The Kier molecular flexibility index (Phi) is 5.71. The largest absolute Gasteiger partial charge is 0.478 e. The molecule has 2 nitrogen and oxygen atoms in total. The van der Waals surface area contributed by atoms with Crippen LogP contribution in [0.1, 0.15) is 56.2 Å². The first-order valence-corrected chi connectivity index (χ1v) is 10.8. The summed E-state index contributed by atoms with van der Waals surface area (Å²) in [5.41, 5.74) is 6.47. The van der Waals surface area contributed by atoms with Crippen molar-refractivity contribution < 1.29 is 9.90 Å².